The average molecular weight is 531 g/mol. The van der Waals surface area contributed by atoms with Crippen LogP contribution in [-0.4, -0.2) is 58.7 Å². The summed E-state index contributed by atoms with van der Waals surface area (Å²) in [5.41, 5.74) is -2.14. The average Bonchev–Trinajstić information content (AvgIpc) is 2.81. The zero-order chi connectivity index (χ0) is 27.0. The lowest BCUT2D eigenvalue weighted by atomic mass is 10.1. The van der Waals surface area contributed by atoms with Gasteiger partial charge < -0.3 is 19.1 Å². The van der Waals surface area contributed by atoms with Gasteiger partial charge in [0.2, 0.25) is 5.82 Å². The standard InChI is InChI=1S/C22H31FN3O9P/c1-13(2)34-21(29)14(3)25-36(31,35-16-9-7-6-8-10-16)33-12-18(32-5)19(27)15(4)26-11-17(23)20(28)24-22(26)30/h6-11,13-15,18-19,27H,12H2,1-5H3,(H,25,31)(H,24,28,30)/t14-,15+,18-,19+,36?/m1/s1. The predicted molar refractivity (Wildman–Crippen MR) is 127 cm³/mol. The third kappa shape index (κ3) is 8.10. The maximum Gasteiger partial charge on any atom is 0.459 e. The van der Waals surface area contributed by atoms with Gasteiger partial charge in [0.25, 0.3) is 5.56 Å². The molecule has 0 radical (unpaired) electrons. The van der Waals surface area contributed by atoms with Crippen LogP contribution in [0.25, 0.3) is 0 Å². The molecule has 1 heterocycles. The number of benzene rings is 1. The molecule has 0 spiro atoms. The number of aromatic amines is 1. The van der Waals surface area contributed by atoms with Crippen LogP contribution in [0.3, 0.4) is 0 Å². The molecule has 0 aliphatic rings. The molecular weight excluding hydrogens is 500 g/mol. The minimum atomic E-state index is -4.25. The summed E-state index contributed by atoms with van der Waals surface area (Å²) in [5.74, 6) is -1.73. The number of aliphatic hydroxyl groups is 1. The van der Waals surface area contributed by atoms with E-state index in [1.165, 1.54) is 33.1 Å². The molecule has 0 aliphatic carbocycles. The van der Waals surface area contributed by atoms with Crippen LogP contribution in [-0.2, 0) is 23.4 Å². The minimum absolute atomic E-state index is 0.177. The summed E-state index contributed by atoms with van der Waals surface area (Å²) in [7, 11) is -3.01. The van der Waals surface area contributed by atoms with Crippen molar-refractivity contribution in [2.45, 2.75) is 58.1 Å². The molecule has 0 aliphatic heterocycles. The van der Waals surface area contributed by atoms with Gasteiger partial charge in [-0.25, -0.2) is 9.36 Å². The fourth-order valence-corrected chi connectivity index (χ4v) is 4.55. The van der Waals surface area contributed by atoms with Gasteiger partial charge in [0.05, 0.1) is 24.9 Å². The summed E-state index contributed by atoms with van der Waals surface area (Å²) < 4.78 is 49.4. The first-order valence-corrected chi connectivity index (χ1v) is 12.6. The summed E-state index contributed by atoms with van der Waals surface area (Å²) in [5, 5.41) is 13.3. The third-order valence-corrected chi connectivity index (χ3v) is 6.62. The number of hydrogen-bond acceptors (Lipinski definition) is 9. The van der Waals surface area contributed by atoms with Gasteiger partial charge in [0.15, 0.2) is 0 Å². The fourth-order valence-electron chi connectivity index (χ4n) is 3.05. The second-order valence-corrected chi connectivity index (χ2v) is 9.88. The van der Waals surface area contributed by atoms with Gasteiger partial charge in [-0.2, -0.15) is 9.48 Å². The second-order valence-electron chi connectivity index (χ2n) is 8.18. The SMILES string of the molecule is CO[C@H](COP(=O)(N[C@H](C)C(=O)OC(C)C)Oc1ccccc1)[C@@H](O)[C@H](C)n1cc(F)c(=O)[nH]c1=O. The van der Waals surface area contributed by atoms with Gasteiger partial charge in [0.1, 0.15) is 24.0 Å². The quantitative estimate of drug-likeness (QED) is 0.257. The number of nitrogens with one attached hydrogen (secondary N) is 2. The van der Waals surface area contributed by atoms with Crippen molar-refractivity contribution < 1.29 is 37.4 Å². The summed E-state index contributed by atoms with van der Waals surface area (Å²) in [4.78, 5) is 37.4. The molecule has 1 aromatic heterocycles. The molecule has 36 heavy (non-hydrogen) atoms. The Balaban J connectivity index is 2.22. The second kappa shape index (κ2) is 12.9. The number of para-hydroxylation sites is 1. The first-order valence-electron chi connectivity index (χ1n) is 11.1. The number of aromatic nitrogens is 2. The molecule has 12 nitrogen and oxygen atoms in total. The molecule has 0 saturated heterocycles. The normalized spacial score (nSPS) is 16.6. The van der Waals surface area contributed by atoms with E-state index in [4.69, 9.17) is 18.5 Å². The molecule has 0 bridgehead atoms. The van der Waals surface area contributed by atoms with Crippen LogP contribution in [0.4, 0.5) is 4.39 Å². The van der Waals surface area contributed by atoms with Gasteiger partial charge in [-0.15, -0.1) is 0 Å². The molecule has 1 aromatic carbocycles. The molecule has 5 atom stereocenters. The van der Waals surface area contributed by atoms with Crippen molar-refractivity contribution in [2.75, 3.05) is 13.7 Å². The van der Waals surface area contributed by atoms with E-state index in [0.717, 1.165) is 4.57 Å². The lowest BCUT2D eigenvalue weighted by Crippen LogP contribution is -2.43. The molecule has 2 rings (SSSR count). The van der Waals surface area contributed by atoms with Crippen LogP contribution in [0.15, 0.2) is 46.1 Å². The zero-order valence-corrected chi connectivity index (χ0v) is 21.4. The highest BCUT2D eigenvalue weighted by Crippen LogP contribution is 2.45. The summed E-state index contributed by atoms with van der Waals surface area (Å²) in [6.45, 7) is 5.60. The van der Waals surface area contributed by atoms with E-state index in [0.29, 0.717) is 6.20 Å². The van der Waals surface area contributed by atoms with E-state index in [1.807, 2.05) is 0 Å². The summed E-state index contributed by atoms with van der Waals surface area (Å²) in [6, 6.07) is 5.87. The molecule has 2 aromatic rings. The number of hydrogen-bond donors (Lipinski definition) is 3. The molecule has 0 saturated carbocycles. The van der Waals surface area contributed by atoms with Crippen molar-refractivity contribution in [3.05, 3.63) is 63.2 Å². The number of H-pyrrole nitrogens is 1. The van der Waals surface area contributed by atoms with E-state index >= 15 is 0 Å². The smallest absolute Gasteiger partial charge is 0.459 e. The van der Waals surface area contributed by atoms with Gasteiger partial charge in [0, 0.05) is 7.11 Å². The Labute approximate surface area is 206 Å². The first-order chi connectivity index (χ1) is 16.9. The van der Waals surface area contributed by atoms with Crippen LogP contribution in [0.2, 0.25) is 0 Å². The molecule has 0 fully saturated rings. The Morgan fingerprint density at radius 1 is 1.19 bits per heavy atom. The Bertz CT molecular complexity index is 1170. The molecule has 3 N–H and O–H groups in total. The molecule has 200 valence electrons. The Morgan fingerprint density at radius 3 is 2.42 bits per heavy atom. The predicted octanol–water partition coefficient (Wildman–Crippen LogP) is 1.75. The highest BCUT2D eigenvalue weighted by molar-refractivity contribution is 7.52. The van der Waals surface area contributed by atoms with Crippen LogP contribution in [0, 0.1) is 5.82 Å². The van der Waals surface area contributed by atoms with Gasteiger partial charge in [-0.05, 0) is 39.8 Å². The van der Waals surface area contributed by atoms with Gasteiger partial charge in [-0.3, -0.25) is 23.7 Å². The minimum Gasteiger partial charge on any atom is -0.462 e. The number of methoxy groups -OCH3 is 1. The number of rotatable bonds is 13. The van der Waals surface area contributed by atoms with Crippen LogP contribution < -0.4 is 20.9 Å². The number of aliphatic hydroxyl groups excluding tert-OH is 1. The van der Waals surface area contributed by atoms with Crippen LogP contribution >= 0.6 is 7.75 Å². The van der Waals surface area contributed by atoms with Crippen molar-refractivity contribution in [2.24, 2.45) is 0 Å². The number of esters is 1. The van der Waals surface area contributed by atoms with Crippen molar-refractivity contribution >= 4 is 13.7 Å². The van der Waals surface area contributed by atoms with Gasteiger partial charge >= 0.3 is 19.4 Å². The van der Waals surface area contributed by atoms with E-state index < -0.39 is 67.8 Å². The zero-order valence-electron chi connectivity index (χ0n) is 20.5. The monoisotopic (exact) mass is 531 g/mol. The third-order valence-electron chi connectivity index (χ3n) is 4.98. The summed E-state index contributed by atoms with van der Waals surface area (Å²) in [6.07, 6.45) is -2.41. The van der Waals surface area contributed by atoms with E-state index in [1.54, 1.807) is 37.0 Å². The van der Waals surface area contributed by atoms with Crippen molar-refractivity contribution in [3.8, 4) is 5.75 Å². The highest BCUT2D eigenvalue weighted by atomic mass is 31.2. The van der Waals surface area contributed by atoms with E-state index in [2.05, 4.69) is 5.09 Å². The summed E-state index contributed by atoms with van der Waals surface area (Å²) >= 11 is 0. The largest absolute Gasteiger partial charge is 0.462 e. The number of nitrogens with zero attached hydrogens (tertiary/aromatic N) is 1. The Kier molecular flexibility index (Phi) is 10.6. The maximum absolute atomic E-state index is 13.7. The first kappa shape index (κ1) is 29.4. The Morgan fingerprint density at radius 2 is 1.83 bits per heavy atom. The fraction of sp³-hybridized carbons (Fsp3) is 0.500. The van der Waals surface area contributed by atoms with Crippen molar-refractivity contribution in [1.82, 2.24) is 14.6 Å². The molecule has 14 heteroatoms. The topological polar surface area (TPSA) is 158 Å². The van der Waals surface area contributed by atoms with E-state index in [-0.39, 0.29) is 5.75 Å². The van der Waals surface area contributed by atoms with Crippen LogP contribution in [0.5, 0.6) is 5.75 Å². The number of carbonyl (C=O) groups excluding carboxylic acids is 1. The van der Waals surface area contributed by atoms with Crippen molar-refractivity contribution in [1.29, 1.82) is 0 Å². The van der Waals surface area contributed by atoms with Gasteiger partial charge in [-0.1, -0.05) is 18.2 Å². The maximum atomic E-state index is 13.7. The Hall–Kier alpha value is -2.83. The van der Waals surface area contributed by atoms with Crippen LogP contribution in [0.1, 0.15) is 33.7 Å². The molecule has 0 amide bonds. The lowest BCUT2D eigenvalue weighted by Gasteiger charge is -2.29. The molecular formula is C22H31FN3O9P. The lowest BCUT2D eigenvalue weighted by molar-refractivity contribution is -0.149. The molecule has 1 unspecified atom stereocenters. The van der Waals surface area contributed by atoms with Crippen molar-refractivity contribution in [3.63, 3.8) is 0 Å². The number of halogens is 1. The number of ether oxygens (including phenoxy) is 2. The number of carbonyl (C=O) groups is 1. The van der Waals surface area contributed by atoms with E-state index in [9.17, 15) is 28.4 Å². The highest BCUT2D eigenvalue weighted by Gasteiger charge is 2.36.